The zero-order valence-corrected chi connectivity index (χ0v) is 61.3. The van der Waals surface area contributed by atoms with E-state index in [9.17, 15) is 19.2 Å². The van der Waals surface area contributed by atoms with E-state index in [0.29, 0.717) is 51.3 Å². The predicted molar refractivity (Wildman–Crippen MR) is 391 cm³/mol. The second-order valence-corrected chi connectivity index (χ2v) is 29.6. The van der Waals surface area contributed by atoms with Gasteiger partial charge in [-0.15, -0.1) is 11.3 Å². The summed E-state index contributed by atoms with van der Waals surface area (Å²) < 4.78 is 17.8. The van der Waals surface area contributed by atoms with Crippen molar-refractivity contribution in [2.75, 3.05) is 64.4 Å². The van der Waals surface area contributed by atoms with Crippen LogP contribution in [0.5, 0.6) is 0 Å². The number of aryl methyl sites for hydroxylation is 1. The maximum Gasteiger partial charge on any atom is 0.305 e. The van der Waals surface area contributed by atoms with Gasteiger partial charge in [-0.05, 0) is 153 Å². The molecule has 0 unspecified atom stereocenters. The van der Waals surface area contributed by atoms with Gasteiger partial charge in [0.2, 0.25) is 5.91 Å². The first-order valence-corrected chi connectivity index (χ1v) is 39.6. The van der Waals surface area contributed by atoms with E-state index < -0.39 is 0 Å². The third-order valence-electron chi connectivity index (χ3n) is 18.2. The fourth-order valence-corrected chi connectivity index (χ4v) is 13.7. The van der Waals surface area contributed by atoms with Gasteiger partial charge in [0, 0.05) is 31.1 Å². The molecule has 2 aromatic heterocycles. The lowest BCUT2D eigenvalue weighted by Gasteiger charge is -2.26. The Balaban J connectivity index is 1.47. The molecular formula is C79H139N5O7S. The van der Waals surface area contributed by atoms with Crippen molar-refractivity contribution < 1.29 is 33.4 Å². The molecule has 0 saturated carbocycles. The zero-order valence-electron chi connectivity index (χ0n) is 60.5. The molecule has 13 heteroatoms. The third kappa shape index (κ3) is 44.9. The molecule has 0 aliphatic carbocycles. The van der Waals surface area contributed by atoms with Crippen molar-refractivity contribution in [3.05, 3.63) is 29.3 Å². The number of para-hydroxylation sites is 1. The number of hydrogen-bond acceptors (Lipinski definition) is 12. The van der Waals surface area contributed by atoms with Crippen LogP contribution in [0.4, 0.5) is 5.82 Å². The lowest BCUT2D eigenvalue weighted by Crippen LogP contribution is -2.32. The van der Waals surface area contributed by atoms with Gasteiger partial charge in [-0.25, -0.2) is 9.97 Å². The highest BCUT2D eigenvalue weighted by atomic mass is 32.1. The van der Waals surface area contributed by atoms with Gasteiger partial charge in [-0.2, -0.15) is 0 Å². The van der Waals surface area contributed by atoms with Crippen LogP contribution in [0, 0.1) is 17.8 Å². The molecule has 0 spiro atoms. The first-order chi connectivity index (χ1) is 44.8. The smallest absolute Gasteiger partial charge is 0.305 e. The highest BCUT2D eigenvalue weighted by Crippen LogP contribution is 2.34. The van der Waals surface area contributed by atoms with Gasteiger partial charge in [0.05, 0.1) is 35.0 Å². The number of aromatic nitrogens is 2. The number of carbonyl (C=O) groups excluding carboxylic acids is 4. The number of fused-ring (bicyclic) bond motifs is 3. The molecule has 3 rings (SSSR count). The summed E-state index contributed by atoms with van der Waals surface area (Å²) in [6, 6.07) is 8.17. The topological polar surface area (TPSA) is 140 Å². The second-order valence-electron chi connectivity index (χ2n) is 28.5. The van der Waals surface area contributed by atoms with Crippen molar-refractivity contribution in [1.82, 2.24) is 19.8 Å². The summed E-state index contributed by atoms with van der Waals surface area (Å²) in [7, 11) is 0. The summed E-state index contributed by atoms with van der Waals surface area (Å²) in [5.41, 5.74) is 1.69. The molecule has 0 aliphatic rings. The fraction of sp³-hybridized carbons (Fsp3) is 0.823. The molecule has 92 heavy (non-hydrogen) atoms. The van der Waals surface area contributed by atoms with E-state index in [4.69, 9.17) is 24.2 Å². The van der Waals surface area contributed by atoms with Crippen molar-refractivity contribution in [1.29, 1.82) is 0 Å². The lowest BCUT2D eigenvalue weighted by molar-refractivity contribution is -0.144. The maximum atomic E-state index is 13.5. The second kappa shape index (κ2) is 56.5. The zero-order chi connectivity index (χ0) is 66.3. The summed E-state index contributed by atoms with van der Waals surface area (Å²) in [6.07, 6.45) is 50.2. The van der Waals surface area contributed by atoms with Crippen molar-refractivity contribution >= 4 is 62.1 Å². The molecule has 1 N–H and O–H groups in total. The Morgan fingerprint density at radius 3 is 1.15 bits per heavy atom. The van der Waals surface area contributed by atoms with E-state index >= 15 is 0 Å². The van der Waals surface area contributed by atoms with Crippen LogP contribution >= 0.6 is 11.3 Å². The van der Waals surface area contributed by atoms with Crippen LogP contribution in [0.1, 0.15) is 342 Å². The number of ether oxygens (including phenoxy) is 3. The van der Waals surface area contributed by atoms with Gasteiger partial charge in [-0.3, -0.25) is 19.2 Å². The van der Waals surface area contributed by atoms with E-state index in [2.05, 4.69) is 69.6 Å². The molecule has 1 amide bonds. The quantitative estimate of drug-likeness (QED) is 0.0328. The van der Waals surface area contributed by atoms with Crippen molar-refractivity contribution in [2.45, 2.75) is 344 Å². The van der Waals surface area contributed by atoms with Crippen LogP contribution in [0.15, 0.2) is 24.3 Å². The van der Waals surface area contributed by atoms with Gasteiger partial charge in [0.25, 0.3) is 0 Å². The average Bonchev–Trinajstić information content (AvgIpc) is 1.58. The van der Waals surface area contributed by atoms with Crippen molar-refractivity contribution in [2.24, 2.45) is 17.8 Å². The van der Waals surface area contributed by atoms with Crippen LogP contribution in [0.25, 0.3) is 21.1 Å². The number of hydrogen-bond donors (Lipinski definition) is 1. The van der Waals surface area contributed by atoms with Crippen LogP contribution in [0.3, 0.4) is 0 Å². The molecule has 528 valence electrons. The van der Waals surface area contributed by atoms with Crippen LogP contribution in [0.2, 0.25) is 0 Å². The predicted octanol–water partition coefficient (Wildman–Crippen LogP) is 22.1. The Morgan fingerprint density at radius 2 is 0.750 bits per heavy atom. The summed E-state index contributed by atoms with van der Waals surface area (Å²) in [5, 5.41) is 5.34. The number of anilines is 1. The Morgan fingerprint density at radius 1 is 0.413 bits per heavy atom. The fourth-order valence-electron chi connectivity index (χ4n) is 12.5. The minimum Gasteiger partial charge on any atom is -0.466 e. The number of unbranched alkanes of at least 4 members (excludes halogenated alkanes) is 29. The first kappa shape index (κ1) is 82.6. The number of nitrogens with zero attached hydrogens (tertiary/aromatic N) is 4. The SMILES string of the molecule is CCCc1nc2c(NC(=O)CCCCCN(CCCCCCCCC(=O)OCCCCCCCC(C)C)CCCN(CCCCCCCCC(=O)OCCCCCCCC(C)C)CCCCCCCCC(=O)OCCCCCCCC(C)C)nc3ccccc3c2s1. The van der Waals surface area contributed by atoms with Gasteiger partial charge in [0.15, 0.2) is 5.82 Å². The largest absolute Gasteiger partial charge is 0.466 e. The number of esters is 3. The first-order valence-electron chi connectivity index (χ1n) is 38.7. The standard InChI is InChI=1S/C79H139N5O7S/c1-8-48-73-82-77-78(92-73)70-52-38-39-53-71(70)80-79(77)81-72(85)54-34-30-43-61-84(60-42-26-14-11-23-37-57-76(88)91-66-46-29-17-20-33-51-69(6)7)63-47-62-83(58-40-24-12-9-21-35-55-74(86)89-64-44-27-15-18-31-49-67(2)3)59-41-25-13-10-22-36-56-75(87)90-65-45-28-16-19-32-50-68(4)5/h38-39,52-53,67-69H,8-37,40-51,54-66H2,1-7H3,(H,80,81,85). The number of benzene rings is 1. The summed E-state index contributed by atoms with van der Waals surface area (Å²) in [4.78, 5) is 66.0. The molecule has 0 fully saturated rings. The highest BCUT2D eigenvalue weighted by molar-refractivity contribution is 7.19. The Labute approximate surface area is 567 Å². The number of rotatable bonds is 64. The Hall–Kier alpha value is -3.68. The molecular weight excluding hydrogens is 1160 g/mol. The van der Waals surface area contributed by atoms with E-state index in [1.165, 1.54) is 148 Å². The van der Waals surface area contributed by atoms with E-state index in [1.807, 2.05) is 18.2 Å². The molecule has 1 aromatic carbocycles. The Kier molecular flexibility index (Phi) is 50.7. The van der Waals surface area contributed by atoms with Crippen molar-refractivity contribution in [3.8, 4) is 0 Å². The van der Waals surface area contributed by atoms with Crippen molar-refractivity contribution in [3.63, 3.8) is 0 Å². The number of thiazole rings is 1. The normalized spacial score (nSPS) is 11.9. The lowest BCUT2D eigenvalue weighted by atomic mass is 10.0. The molecule has 3 aromatic rings. The summed E-state index contributed by atoms with van der Waals surface area (Å²) in [6.45, 7) is 24.2. The average molecular weight is 1300 g/mol. The number of pyridine rings is 1. The molecule has 0 bridgehead atoms. The molecule has 2 heterocycles. The number of carbonyl (C=O) groups is 4. The maximum absolute atomic E-state index is 13.5. The van der Waals surface area contributed by atoms with Gasteiger partial charge in [-0.1, -0.05) is 246 Å². The number of nitrogens with one attached hydrogen (secondary N) is 1. The van der Waals surface area contributed by atoms with E-state index in [0.717, 1.165) is 205 Å². The van der Waals surface area contributed by atoms with Gasteiger partial charge in [0.1, 0.15) is 5.52 Å². The summed E-state index contributed by atoms with van der Waals surface area (Å²) >= 11 is 1.72. The van der Waals surface area contributed by atoms with Crippen LogP contribution < -0.4 is 5.32 Å². The minimum absolute atomic E-state index is 0.00759. The van der Waals surface area contributed by atoms with E-state index in [-0.39, 0.29) is 23.8 Å². The molecule has 0 saturated heterocycles. The Bertz CT molecular complexity index is 2230. The molecule has 0 atom stereocenters. The highest BCUT2D eigenvalue weighted by Gasteiger charge is 2.17. The van der Waals surface area contributed by atoms with Crippen LogP contribution in [-0.4, -0.2) is 103 Å². The van der Waals surface area contributed by atoms with E-state index in [1.54, 1.807) is 11.3 Å². The monoisotopic (exact) mass is 1300 g/mol. The molecule has 0 aliphatic heterocycles. The molecule has 12 nitrogen and oxygen atoms in total. The van der Waals surface area contributed by atoms with Gasteiger partial charge >= 0.3 is 17.9 Å². The molecule has 0 radical (unpaired) electrons. The van der Waals surface area contributed by atoms with Crippen LogP contribution in [-0.2, 0) is 39.8 Å². The minimum atomic E-state index is -0.0310. The van der Waals surface area contributed by atoms with Gasteiger partial charge < -0.3 is 29.3 Å². The summed E-state index contributed by atoms with van der Waals surface area (Å²) in [5.74, 6) is 2.85. The third-order valence-corrected chi connectivity index (χ3v) is 19.4. The number of amides is 1.